The van der Waals surface area contributed by atoms with Gasteiger partial charge in [-0.15, -0.1) is 0 Å². The van der Waals surface area contributed by atoms with Crippen LogP contribution in [0, 0.1) is 0 Å². The van der Waals surface area contributed by atoms with Crippen molar-refractivity contribution < 1.29 is 14.4 Å². The van der Waals surface area contributed by atoms with Crippen LogP contribution < -0.4 is 10.2 Å². The highest BCUT2D eigenvalue weighted by atomic mass is 79.9. The van der Waals surface area contributed by atoms with E-state index < -0.39 is 17.6 Å². The molecule has 0 bridgehead atoms. The Labute approximate surface area is 155 Å². The number of benzene rings is 2. The summed E-state index contributed by atoms with van der Waals surface area (Å²) < 4.78 is 0.682. The van der Waals surface area contributed by atoms with E-state index >= 15 is 0 Å². The molecule has 0 spiro atoms. The fraction of sp³-hybridized carbons (Fsp3) is 0.0625. The summed E-state index contributed by atoms with van der Waals surface area (Å²) in [5.41, 5.74) is 1.05. The lowest BCUT2D eigenvalue weighted by molar-refractivity contribution is -0.118. The minimum absolute atomic E-state index is 0.270. The lowest BCUT2D eigenvalue weighted by Crippen LogP contribution is -2.37. The van der Waals surface area contributed by atoms with Gasteiger partial charge in [-0.2, -0.15) is 0 Å². The fourth-order valence-electron chi connectivity index (χ4n) is 2.35. The van der Waals surface area contributed by atoms with Crippen molar-refractivity contribution in [2.24, 2.45) is 0 Å². The van der Waals surface area contributed by atoms with Gasteiger partial charge in [-0.25, -0.2) is 0 Å². The molecule has 0 saturated heterocycles. The normalized spacial score (nSPS) is 13.2. The number of nitrogens with one attached hydrogen (secondary N) is 1. The molecule has 1 heterocycles. The molecule has 3 rings (SSSR count). The Bertz CT molecular complexity index is 886. The molecule has 0 fully saturated rings. The average Bonchev–Trinajstić information content (AvgIpc) is 2.75. The van der Waals surface area contributed by atoms with E-state index in [1.807, 2.05) is 0 Å². The molecule has 0 aliphatic carbocycles. The van der Waals surface area contributed by atoms with Crippen LogP contribution in [-0.4, -0.2) is 24.1 Å². The van der Waals surface area contributed by atoms with Gasteiger partial charge >= 0.3 is 0 Å². The predicted octanol–water partition coefficient (Wildman–Crippen LogP) is 3.92. The van der Waals surface area contributed by atoms with Crippen LogP contribution in [-0.2, 0) is 9.59 Å². The Balaban J connectivity index is 1.80. The Morgan fingerprint density at radius 3 is 2.58 bits per heavy atom. The number of rotatable bonds is 3. The SMILES string of the molecule is O=C(CN1C(=O)C(=O)c2cc(Br)ccc21)Nc1ccc(Cl)cc1Cl. The molecule has 2 amide bonds. The van der Waals surface area contributed by atoms with E-state index in [-0.39, 0.29) is 17.1 Å². The van der Waals surface area contributed by atoms with Crippen LogP contribution >= 0.6 is 39.1 Å². The largest absolute Gasteiger partial charge is 0.323 e. The van der Waals surface area contributed by atoms with E-state index in [0.717, 1.165) is 4.90 Å². The summed E-state index contributed by atoms with van der Waals surface area (Å²) in [5, 5.41) is 3.32. The number of fused-ring (bicyclic) bond motifs is 1. The molecule has 2 aromatic carbocycles. The highest BCUT2D eigenvalue weighted by molar-refractivity contribution is 9.10. The number of carbonyl (C=O) groups excluding carboxylic acids is 3. The monoisotopic (exact) mass is 426 g/mol. The Morgan fingerprint density at radius 2 is 1.88 bits per heavy atom. The second-order valence-electron chi connectivity index (χ2n) is 5.05. The number of nitrogens with zero attached hydrogens (tertiary/aromatic N) is 1. The first kappa shape index (κ1) is 17.0. The molecule has 0 saturated carbocycles. The van der Waals surface area contributed by atoms with Crippen LogP contribution in [0.25, 0.3) is 0 Å². The third-order valence-corrected chi connectivity index (χ3v) is 4.48. The first-order valence-corrected chi connectivity index (χ1v) is 8.32. The Hall–Kier alpha value is -1.89. The molecule has 1 N–H and O–H groups in total. The lowest BCUT2D eigenvalue weighted by Gasteiger charge is -2.16. The summed E-state index contributed by atoms with van der Waals surface area (Å²) in [6.07, 6.45) is 0. The summed E-state index contributed by atoms with van der Waals surface area (Å²) in [5.74, 6) is -1.85. The summed E-state index contributed by atoms with van der Waals surface area (Å²) in [7, 11) is 0. The van der Waals surface area contributed by atoms with Crippen LogP contribution in [0.1, 0.15) is 10.4 Å². The number of hydrogen-bond acceptors (Lipinski definition) is 3. The maximum absolute atomic E-state index is 12.2. The molecule has 1 aliphatic heterocycles. The minimum atomic E-state index is -0.736. The Kier molecular flexibility index (Phi) is 4.62. The highest BCUT2D eigenvalue weighted by Gasteiger charge is 2.36. The molecule has 122 valence electrons. The third kappa shape index (κ3) is 3.17. The van der Waals surface area contributed by atoms with Gasteiger partial charge in [0.25, 0.3) is 11.7 Å². The van der Waals surface area contributed by atoms with Crippen LogP contribution in [0.5, 0.6) is 0 Å². The van der Waals surface area contributed by atoms with Gasteiger partial charge in [0.15, 0.2) is 0 Å². The van der Waals surface area contributed by atoms with Crippen LogP contribution in [0.3, 0.4) is 0 Å². The van der Waals surface area contributed by atoms with Crippen molar-refractivity contribution in [3.63, 3.8) is 0 Å². The van der Waals surface area contributed by atoms with Crippen molar-refractivity contribution in [1.29, 1.82) is 0 Å². The van der Waals surface area contributed by atoms with Crippen LogP contribution in [0.15, 0.2) is 40.9 Å². The number of anilines is 2. The molecule has 8 heteroatoms. The molecule has 0 atom stereocenters. The number of carbonyl (C=O) groups is 3. The zero-order valence-corrected chi connectivity index (χ0v) is 15.1. The molecule has 2 aromatic rings. The summed E-state index contributed by atoms with van der Waals surface area (Å²) in [6, 6.07) is 9.51. The average molecular weight is 428 g/mol. The number of hydrogen-bond donors (Lipinski definition) is 1. The van der Waals surface area contributed by atoms with Crippen LogP contribution in [0.4, 0.5) is 11.4 Å². The van der Waals surface area contributed by atoms with Gasteiger partial charge in [-0.3, -0.25) is 19.3 Å². The first-order valence-electron chi connectivity index (χ1n) is 6.77. The van der Waals surface area contributed by atoms with Crippen molar-refractivity contribution in [1.82, 2.24) is 0 Å². The summed E-state index contributed by atoms with van der Waals surface area (Å²) in [6.45, 7) is -0.293. The smallest absolute Gasteiger partial charge is 0.299 e. The summed E-state index contributed by atoms with van der Waals surface area (Å²) >= 11 is 15.1. The topological polar surface area (TPSA) is 66.5 Å². The van der Waals surface area contributed by atoms with Gasteiger partial charge in [-0.1, -0.05) is 39.1 Å². The number of ketones is 1. The van der Waals surface area contributed by atoms with Crippen LogP contribution in [0.2, 0.25) is 10.0 Å². The van der Waals surface area contributed by atoms with Gasteiger partial charge < -0.3 is 5.32 Å². The van der Waals surface area contributed by atoms with Crippen molar-refractivity contribution in [3.8, 4) is 0 Å². The predicted molar refractivity (Wildman–Crippen MR) is 95.9 cm³/mol. The number of halogens is 3. The number of amides is 2. The maximum atomic E-state index is 12.2. The van der Waals surface area contributed by atoms with Gasteiger partial charge in [0, 0.05) is 9.50 Å². The minimum Gasteiger partial charge on any atom is -0.323 e. The van der Waals surface area contributed by atoms with E-state index in [9.17, 15) is 14.4 Å². The van der Waals surface area contributed by atoms with Gasteiger partial charge in [-0.05, 0) is 36.4 Å². The standard InChI is InChI=1S/C16H9BrCl2N2O3/c17-8-1-4-13-10(5-8)15(23)16(24)21(13)7-14(22)20-12-3-2-9(18)6-11(12)19/h1-6H,7H2,(H,20,22). The second kappa shape index (κ2) is 6.55. The quantitative estimate of drug-likeness (QED) is 0.754. The van der Waals surface area contributed by atoms with Gasteiger partial charge in [0.1, 0.15) is 6.54 Å². The van der Waals surface area contributed by atoms with Crippen molar-refractivity contribution in [2.75, 3.05) is 16.8 Å². The van der Waals surface area contributed by atoms with E-state index in [0.29, 0.717) is 20.9 Å². The second-order valence-corrected chi connectivity index (χ2v) is 6.81. The molecule has 0 radical (unpaired) electrons. The molecular formula is C16H9BrCl2N2O3. The van der Waals surface area contributed by atoms with E-state index in [1.165, 1.54) is 6.07 Å². The summed E-state index contributed by atoms with van der Waals surface area (Å²) in [4.78, 5) is 37.5. The van der Waals surface area contributed by atoms with Crippen molar-refractivity contribution in [3.05, 3.63) is 56.5 Å². The van der Waals surface area contributed by atoms with E-state index in [1.54, 1.807) is 30.3 Å². The molecule has 1 aliphatic rings. The molecule has 24 heavy (non-hydrogen) atoms. The first-order chi connectivity index (χ1) is 11.4. The Morgan fingerprint density at radius 1 is 1.12 bits per heavy atom. The van der Waals surface area contributed by atoms with E-state index in [2.05, 4.69) is 21.2 Å². The van der Waals surface area contributed by atoms with E-state index in [4.69, 9.17) is 23.2 Å². The third-order valence-electron chi connectivity index (χ3n) is 3.44. The maximum Gasteiger partial charge on any atom is 0.299 e. The van der Waals surface area contributed by atoms with Gasteiger partial charge in [0.05, 0.1) is 22.0 Å². The molecular weight excluding hydrogens is 419 g/mol. The van der Waals surface area contributed by atoms with Crippen molar-refractivity contribution in [2.45, 2.75) is 0 Å². The fourth-order valence-corrected chi connectivity index (χ4v) is 3.17. The molecule has 0 unspecified atom stereocenters. The van der Waals surface area contributed by atoms with Crippen molar-refractivity contribution >= 4 is 68.1 Å². The highest BCUT2D eigenvalue weighted by Crippen LogP contribution is 2.31. The van der Waals surface area contributed by atoms with Gasteiger partial charge in [0.2, 0.25) is 5.91 Å². The number of Topliss-reactive ketones (excluding diaryl/α,β-unsaturated/α-hetero) is 1. The lowest BCUT2D eigenvalue weighted by atomic mass is 10.1. The zero-order chi connectivity index (χ0) is 17.4. The zero-order valence-electron chi connectivity index (χ0n) is 12.0. The molecule has 0 aromatic heterocycles. The molecule has 5 nitrogen and oxygen atoms in total.